The molecule has 1 aromatic heterocycles. The summed E-state index contributed by atoms with van der Waals surface area (Å²) in [5, 5.41) is 6.48. The molecule has 2 saturated heterocycles. The number of aromatic nitrogens is 1. The van der Waals surface area contributed by atoms with Crippen LogP contribution in [0, 0.1) is 11.6 Å². The molecule has 0 saturated carbocycles. The number of hydrogen-bond donors (Lipinski definition) is 2. The van der Waals surface area contributed by atoms with Crippen LogP contribution in [0.2, 0.25) is 0 Å². The Bertz CT molecular complexity index is 927. The van der Waals surface area contributed by atoms with Crippen LogP contribution in [0.25, 0.3) is 11.1 Å². The number of rotatable bonds is 7. The van der Waals surface area contributed by atoms with Crippen LogP contribution in [0.5, 0.6) is 0 Å². The Morgan fingerprint density at radius 3 is 2.77 bits per heavy atom. The number of nitrogens with zero attached hydrogens (tertiary/aromatic N) is 2. The third kappa shape index (κ3) is 4.70. The molecule has 6 nitrogen and oxygen atoms in total. The Labute approximate surface area is 181 Å². The van der Waals surface area contributed by atoms with Crippen LogP contribution in [-0.2, 0) is 4.74 Å². The summed E-state index contributed by atoms with van der Waals surface area (Å²) in [6, 6.07) is 3.40. The van der Waals surface area contributed by atoms with Gasteiger partial charge >= 0.3 is 0 Å². The number of halogens is 2. The average Bonchev–Trinajstić information content (AvgIpc) is 3.39. The molecular formula is C23H28F2N4O2. The molecule has 2 aromatic rings. The van der Waals surface area contributed by atoms with Crippen LogP contribution >= 0.6 is 0 Å². The smallest absolute Gasteiger partial charge is 0.255 e. The molecule has 1 spiro atoms. The van der Waals surface area contributed by atoms with E-state index in [1.807, 2.05) is 6.92 Å². The lowest BCUT2D eigenvalue weighted by atomic mass is 9.96. The van der Waals surface area contributed by atoms with Crippen molar-refractivity contribution in [3.05, 3.63) is 47.8 Å². The number of amides is 1. The molecule has 1 unspecified atom stereocenters. The molecule has 166 valence electrons. The van der Waals surface area contributed by atoms with Gasteiger partial charge in [0.1, 0.15) is 11.6 Å². The Balaban J connectivity index is 1.72. The Kier molecular flexibility index (Phi) is 6.48. The fourth-order valence-corrected chi connectivity index (χ4v) is 4.64. The van der Waals surface area contributed by atoms with Crippen LogP contribution in [0.15, 0.2) is 30.6 Å². The van der Waals surface area contributed by atoms with Crippen molar-refractivity contribution in [1.82, 2.24) is 15.6 Å². The van der Waals surface area contributed by atoms with Crippen LogP contribution < -0.4 is 15.5 Å². The standard InChI is InChI=1S/C23H28F2N4O2/c1-2-31-9-7-27-22(30)20-14-26-13-19(16-10-17(24)12-18(25)11-16)21(20)29-8-5-23(15-29)4-3-6-28-23/h10-14,28H,2-9,15H2,1H3,(H,27,30). The molecule has 2 N–H and O–H groups in total. The summed E-state index contributed by atoms with van der Waals surface area (Å²) < 4.78 is 33.3. The predicted molar refractivity (Wildman–Crippen MR) is 115 cm³/mol. The van der Waals surface area contributed by atoms with Crippen LogP contribution in [0.1, 0.15) is 36.5 Å². The molecule has 1 amide bonds. The molecular weight excluding hydrogens is 402 g/mol. The lowest BCUT2D eigenvalue weighted by molar-refractivity contribution is 0.0922. The van der Waals surface area contributed by atoms with Gasteiger partial charge in [0, 0.05) is 55.8 Å². The van der Waals surface area contributed by atoms with Crippen molar-refractivity contribution >= 4 is 11.6 Å². The van der Waals surface area contributed by atoms with Crippen molar-refractivity contribution in [3.63, 3.8) is 0 Å². The third-order valence-corrected chi connectivity index (χ3v) is 6.07. The molecule has 1 aromatic carbocycles. The highest BCUT2D eigenvalue weighted by atomic mass is 19.1. The number of benzene rings is 1. The SMILES string of the molecule is CCOCCNC(=O)c1cncc(-c2cc(F)cc(F)c2)c1N1CCC2(CCCN2)C1. The Morgan fingerprint density at radius 2 is 2.06 bits per heavy atom. The summed E-state index contributed by atoms with van der Waals surface area (Å²) in [4.78, 5) is 19.4. The number of carbonyl (C=O) groups is 1. The van der Waals surface area contributed by atoms with E-state index in [4.69, 9.17) is 4.74 Å². The first kappa shape index (κ1) is 21.6. The number of nitrogens with one attached hydrogen (secondary N) is 2. The monoisotopic (exact) mass is 430 g/mol. The van der Waals surface area contributed by atoms with Gasteiger partial charge < -0.3 is 20.3 Å². The summed E-state index contributed by atoms with van der Waals surface area (Å²) >= 11 is 0. The van der Waals surface area contributed by atoms with E-state index in [0.717, 1.165) is 45.0 Å². The van der Waals surface area contributed by atoms with Gasteiger partial charge in [0.2, 0.25) is 0 Å². The second-order valence-electron chi connectivity index (χ2n) is 8.18. The minimum atomic E-state index is -0.664. The average molecular weight is 430 g/mol. The van der Waals surface area contributed by atoms with Crippen molar-refractivity contribution in [1.29, 1.82) is 0 Å². The minimum absolute atomic E-state index is 0.0242. The second-order valence-corrected chi connectivity index (χ2v) is 8.18. The van der Waals surface area contributed by atoms with Crippen LogP contribution in [0.3, 0.4) is 0 Å². The van der Waals surface area contributed by atoms with E-state index in [0.29, 0.717) is 42.1 Å². The van der Waals surface area contributed by atoms with Gasteiger partial charge in [0.15, 0.2) is 0 Å². The lowest BCUT2D eigenvalue weighted by Crippen LogP contribution is -2.42. The number of pyridine rings is 1. The zero-order valence-corrected chi connectivity index (χ0v) is 17.7. The highest BCUT2D eigenvalue weighted by Crippen LogP contribution is 2.39. The molecule has 2 fully saturated rings. The molecule has 1 atom stereocenters. The van der Waals surface area contributed by atoms with Gasteiger partial charge in [-0.2, -0.15) is 0 Å². The summed E-state index contributed by atoms with van der Waals surface area (Å²) in [5.74, 6) is -1.60. The normalized spacial score (nSPS) is 20.5. The van der Waals surface area contributed by atoms with Crippen molar-refractivity contribution in [3.8, 4) is 11.1 Å². The van der Waals surface area contributed by atoms with Gasteiger partial charge in [-0.15, -0.1) is 0 Å². The van der Waals surface area contributed by atoms with Gasteiger partial charge in [0.25, 0.3) is 5.91 Å². The summed E-state index contributed by atoms with van der Waals surface area (Å²) in [6.45, 7) is 5.73. The third-order valence-electron chi connectivity index (χ3n) is 6.07. The summed E-state index contributed by atoms with van der Waals surface area (Å²) in [7, 11) is 0. The van der Waals surface area contributed by atoms with Crippen LogP contribution in [-0.4, -0.2) is 55.8 Å². The first-order valence-electron chi connectivity index (χ1n) is 10.8. The number of hydrogen-bond acceptors (Lipinski definition) is 5. The molecule has 0 bridgehead atoms. The number of ether oxygens (including phenoxy) is 1. The van der Waals surface area contributed by atoms with Crippen LogP contribution in [0.4, 0.5) is 14.5 Å². The summed E-state index contributed by atoms with van der Waals surface area (Å²) in [6.07, 6.45) is 6.26. The Hall–Kier alpha value is -2.58. The van der Waals surface area contributed by atoms with Gasteiger partial charge in [-0.25, -0.2) is 8.78 Å². The fourth-order valence-electron chi connectivity index (χ4n) is 4.64. The quantitative estimate of drug-likeness (QED) is 0.661. The van der Waals surface area contributed by atoms with Gasteiger partial charge in [-0.3, -0.25) is 9.78 Å². The molecule has 2 aliphatic heterocycles. The van der Waals surface area contributed by atoms with E-state index in [1.54, 1.807) is 6.20 Å². The lowest BCUT2D eigenvalue weighted by Gasteiger charge is -2.28. The van der Waals surface area contributed by atoms with E-state index >= 15 is 0 Å². The van der Waals surface area contributed by atoms with E-state index < -0.39 is 11.6 Å². The van der Waals surface area contributed by atoms with Crippen molar-refractivity contribution in [2.75, 3.05) is 44.3 Å². The van der Waals surface area contributed by atoms with Crippen molar-refractivity contribution in [2.45, 2.75) is 31.7 Å². The molecule has 4 rings (SSSR count). The van der Waals surface area contributed by atoms with Gasteiger partial charge in [0.05, 0.1) is 17.9 Å². The maximum atomic E-state index is 14.0. The zero-order chi connectivity index (χ0) is 21.8. The maximum Gasteiger partial charge on any atom is 0.255 e. The first-order valence-corrected chi connectivity index (χ1v) is 10.8. The topological polar surface area (TPSA) is 66.5 Å². The van der Waals surface area contributed by atoms with Crippen molar-refractivity contribution < 1.29 is 18.3 Å². The highest BCUT2D eigenvalue weighted by molar-refractivity contribution is 6.03. The van der Waals surface area contributed by atoms with E-state index in [-0.39, 0.29) is 11.4 Å². The highest BCUT2D eigenvalue weighted by Gasteiger charge is 2.41. The van der Waals surface area contributed by atoms with Gasteiger partial charge in [-0.05, 0) is 50.4 Å². The molecule has 8 heteroatoms. The number of anilines is 1. The minimum Gasteiger partial charge on any atom is -0.380 e. The van der Waals surface area contributed by atoms with E-state index in [2.05, 4.69) is 20.5 Å². The molecule has 0 radical (unpaired) electrons. The first-order chi connectivity index (χ1) is 15.0. The predicted octanol–water partition coefficient (Wildman–Crippen LogP) is 3.13. The molecule has 31 heavy (non-hydrogen) atoms. The summed E-state index contributed by atoms with van der Waals surface area (Å²) in [5.41, 5.74) is 2.00. The largest absolute Gasteiger partial charge is 0.380 e. The molecule has 2 aliphatic rings. The fraction of sp³-hybridized carbons (Fsp3) is 0.478. The van der Waals surface area contributed by atoms with Gasteiger partial charge in [-0.1, -0.05) is 0 Å². The molecule has 3 heterocycles. The van der Waals surface area contributed by atoms with E-state index in [1.165, 1.54) is 18.3 Å². The van der Waals surface area contributed by atoms with E-state index in [9.17, 15) is 13.6 Å². The Morgan fingerprint density at radius 1 is 1.26 bits per heavy atom. The second kappa shape index (κ2) is 9.28. The molecule has 0 aliphatic carbocycles. The number of carbonyl (C=O) groups excluding carboxylic acids is 1. The van der Waals surface area contributed by atoms with Crippen molar-refractivity contribution in [2.24, 2.45) is 0 Å². The maximum absolute atomic E-state index is 14.0. The zero-order valence-electron chi connectivity index (χ0n) is 17.7.